The van der Waals surface area contributed by atoms with E-state index in [4.69, 9.17) is 11.0 Å². The molecule has 128 valence electrons. The number of unbranched alkanes of at least 4 members (excludes halogenated alkanes) is 1. The summed E-state index contributed by atoms with van der Waals surface area (Å²) in [4.78, 5) is 24.6. The van der Waals surface area contributed by atoms with E-state index in [1.165, 1.54) is 0 Å². The second kappa shape index (κ2) is 9.24. The van der Waals surface area contributed by atoms with Gasteiger partial charge in [0.2, 0.25) is 11.8 Å². The number of carbonyl (C=O) groups is 2. The van der Waals surface area contributed by atoms with Crippen molar-refractivity contribution in [1.82, 2.24) is 5.32 Å². The molecule has 5 nitrogen and oxygen atoms in total. The highest BCUT2D eigenvalue weighted by molar-refractivity contribution is 5.91. The molecular formula is C20H21N3O2. The van der Waals surface area contributed by atoms with Crippen LogP contribution in [0.3, 0.4) is 0 Å². The molecule has 0 aliphatic carbocycles. The monoisotopic (exact) mass is 335 g/mol. The maximum Gasteiger partial charge on any atom is 0.240 e. The van der Waals surface area contributed by atoms with Gasteiger partial charge in [0.1, 0.15) is 6.04 Å². The number of amides is 2. The van der Waals surface area contributed by atoms with E-state index in [0.29, 0.717) is 19.3 Å². The highest BCUT2D eigenvalue weighted by Gasteiger charge is 2.26. The first-order valence-corrected chi connectivity index (χ1v) is 8.20. The number of rotatable bonds is 8. The Morgan fingerprint density at radius 2 is 1.52 bits per heavy atom. The van der Waals surface area contributed by atoms with Crippen molar-refractivity contribution in [3.8, 4) is 6.07 Å². The number of carbonyl (C=O) groups excluding carboxylic acids is 2. The average molecular weight is 335 g/mol. The Bertz CT molecular complexity index is 699. The predicted octanol–water partition coefficient (Wildman–Crippen LogP) is 2.48. The summed E-state index contributed by atoms with van der Waals surface area (Å²) in [5.41, 5.74) is 7.09. The zero-order valence-corrected chi connectivity index (χ0v) is 13.9. The van der Waals surface area contributed by atoms with Crippen LogP contribution in [-0.2, 0) is 9.59 Å². The molecule has 5 heteroatoms. The molecule has 0 heterocycles. The summed E-state index contributed by atoms with van der Waals surface area (Å²) in [6.07, 6.45) is 1.18. The van der Waals surface area contributed by atoms with Crippen LogP contribution < -0.4 is 11.1 Å². The van der Waals surface area contributed by atoms with Crippen molar-refractivity contribution in [2.24, 2.45) is 5.73 Å². The standard InChI is InChI=1S/C20H21N3O2/c21-14-8-7-13-17(19(22)24)23-20(25)18(15-9-3-1-4-10-15)16-11-5-2-6-12-16/h1-6,9-12,17-18H,7-8,13H2,(H2,22,24)(H,23,25)/t17-/m0/s1. The molecule has 2 amide bonds. The van der Waals surface area contributed by atoms with E-state index in [-0.39, 0.29) is 5.91 Å². The van der Waals surface area contributed by atoms with Crippen molar-refractivity contribution in [2.45, 2.75) is 31.2 Å². The number of nitrogens with two attached hydrogens (primary N) is 1. The average Bonchev–Trinajstić information content (AvgIpc) is 2.63. The summed E-state index contributed by atoms with van der Waals surface area (Å²) in [6.45, 7) is 0. The van der Waals surface area contributed by atoms with Gasteiger partial charge in [-0.3, -0.25) is 9.59 Å². The molecule has 2 aromatic rings. The van der Waals surface area contributed by atoms with Gasteiger partial charge in [0.05, 0.1) is 12.0 Å². The molecule has 0 bridgehead atoms. The van der Waals surface area contributed by atoms with Crippen molar-refractivity contribution in [2.75, 3.05) is 0 Å². The van der Waals surface area contributed by atoms with E-state index in [1.807, 2.05) is 66.7 Å². The van der Waals surface area contributed by atoms with Crippen molar-refractivity contribution in [3.63, 3.8) is 0 Å². The van der Waals surface area contributed by atoms with E-state index in [0.717, 1.165) is 11.1 Å². The quantitative estimate of drug-likeness (QED) is 0.725. The molecule has 0 spiro atoms. The highest BCUT2D eigenvalue weighted by atomic mass is 16.2. The highest BCUT2D eigenvalue weighted by Crippen LogP contribution is 2.25. The topological polar surface area (TPSA) is 96.0 Å². The number of nitriles is 1. The number of benzene rings is 2. The van der Waals surface area contributed by atoms with Crippen molar-refractivity contribution in [3.05, 3.63) is 71.8 Å². The predicted molar refractivity (Wildman–Crippen MR) is 95.3 cm³/mol. The Balaban J connectivity index is 2.23. The van der Waals surface area contributed by atoms with E-state index < -0.39 is 17.9 Å². The Hall–Kier alpha value is -3.13. The lowest BCUT2D eigenvalue weighted by molar-refractivity contribution is -0.127. The molecule has 25 heavy (non-hydrogen) atoms. The van der Waals surface area contributed by atoms with Crippen LogP contribution in [0.1, 0.15) is 36.3 Å². The molecule has 2 aromatic carbocycles. The van der Waals surface area contributed by atoms with Crippen LogP contribution in [0.5, 0.6) is 0 Å². The smallest absolute Gasteiger partial charge is 0.240 e. The molecule has 0 saturated carbocycles. The fraction of sp³-hybridized carbons (Fsp3) is 0.250. The van der Waals surface area contributed by atoms with Crippen LogP contribution in [0.25, 0.3) is 0 Å². The summed E-state index contributed by atoms with van der Waals surface area (Å²) in [6, 6.07) is 20.0. The summed E-state index contributed by atoms with van der Waals surface area (Å²) in [5, 5.41) is 11.4. The zero-order chi connectivity index (χ0) is 18.1. The lowest BCUT2D eigenvalue weighted by Crippen LogP contribution is -2.46. The molecule has 0 saturated heterocycles. The number of primary amides is 1. The third-order valence-corrected chi connectivity index (χ3v) is 3.97. The zero-order valence-electron chi connectivity index (χ0n) is 13.9. The van der Waals surface area contributed by atoms with Gasteiger partial charge in [0.25, 0.3) is 0 Å². The van der Waals surface area contributed by atoms with E-state index in [1.54, 1.807) is 0 Å². The maximum absolute atomic E-state index is 12.9. The Labute approximate surface area is 147 Å². The van der Waals surface area contributed by atoms with Crippen molar-refractivity contribution < 1.29 is 9.59 Å². The fourth-order valence-corrected chi connectivity index (χ4v) is 2.71. The van der Waals surface area contributed by atoms with Gasteiger partial charge in [-0.1, -0.05) is 60.7 Å². The third-order valence-electron chi connectivity index (χ3n) is 3.97. The Morgan fingerprint density at radius 1 is 1.00 bits per heavy atom. The van der Waals surface area contributed by atoms with Crippen molar-refractivity contribution in [1.29, 1.82) is 5.26 Å². The van der Waals surface area contributed by atoms with Crippen LogP contribution in [0.2, 0.25) is 0 Å². The second-order valence-corrected chi connectivity index (χ2v) is 5.77. The molecule has 2 rings (SSSR count). The lowest BCUT2D eigenvalue weighted by atomic mass is 9.90. The molecule has 1 atom stereocenters. The van der Waals surface area contributed by atoms with Crippen LogP contribution in [0, 0.1) is 11.3 Å². The number of hydrogen-bond acceptors (Lipinski definition) is 3. The first-order chi connectivity index (χ1) is 12.1. The number of nitrogens with one attached hydrogen (secondary N) is 1. The molecule has 0 aliphatic heterocycles. The minimum Gasteiger partial charge on any atom is -0.368 e. The molecular weight excluding hydrogens is 314 g/mol. The van der Waals surface area contributed by atoms with Gasteiger partial charge in [-0.15, -0.1) is 0 Å². The first kappa shape index (κ1) is 18.2. The molecule has 0 aliphatic rings. The van der Waals surface area contributed by atoms with Crippen LogP contribution in [0.15, 0.2) is 60.7 Å². The van der Waals surface area contributed by atoms with Gasteiger partial charge >= 0.3 is 0 Å². The fourth-order valence-electron chi connectivity index (χ4n) is 2.71. The lowest BCUT2D eigenvalue weighted by Gasteiger charge is -2.21. The normalized spacial score (nSPS) is 11.5. The molecule has 0 radical (unpaired) electrons. The van der Waals surface area contributed by atoms with E-state index in [2.05, 4.69) is 5.32 Å². The van der Waals surface area contributed by atoms with Gasteiger partial charge in [-0.2, -0.15) is 5.26 Å². The van der Waals surface area contributed by atoms with Crippen LogP contribution in [0.4, 0.5) is 0 Å². The summed E-state index contributed by atoms with van der Waals surface area (Å²) >= 11 is 0. The second-order valence-electron chi connectivity index (χ2n) is 5.77. The SMILES string of the molecule is N#CCCC[C@H](NC(=O)C(c1ccccc1)c1ccccc1)C(N)=O. The Kier molecular flexibility index (Phi) is 6.73. The Morgan fingerprint density at radius 3 is 1.96 bits per heavy atom. The summed E-state index contributed by atoms with van der Waals surface area (Å²) < 4.78 is 0. The molecule has 0 fully saturated rings. The van der Waals surface area contributed by atoms with Gasteiger partial charge in [-0.05, 0) is 24.0 Å². The van der Waals surface area contributed by atoms with E-state index >= 15 is 0 Å². The summed E-state index contributed by atoms with van der Waals surface area (Å²) in [7, 11) is 0. The van der Waals surface area contributed by atoms with Crippen LogP contribution >= 0.6 is 0 Å². The van der Waals surface area contributed by atoms with Crippen molar-refractivity contribution >= 4 is 11.8 Å². The van der Waals surface area contributed by atoms with Crippen LogP contribution in [-0.4, -0.2) is 17.9 Å². The number of nitrogens with zero attached hydrogens (tertiary/aromatic N) is 1. The van der Waals surface area contributed by atoms with E-state index in [9.17, 15) is 9.59 Å². The maximum atomic E-state index is 12.9. The number of hydrogen-bond donors (Lipinski definition) is 2. The molecule has 0 unspecified atom stereocenters. The molecule has 3 N–H and O–H groups in total. The minimum absolute atomic E-state index is 0.279. The van der Waals surface area contributed by atoms with Gasteiger partial charge in [-0.25, -0.2) is 0 Å². The third kappa shape index (κ3) is 5.18. The van der Waals surface area contributed by atoms with Gasteiger partial charge in [0, 0.05) is 6.42 Å². The summed E-state index contributed by atoms with van der Waals surface area (Å²) in [5.74, 6) is -1.40. The largest absolute Gasteiger partial charge is 0.368 e. The molecule has 0 aromatic heterocycles. The van der Waals surface area contributed by atoms with Gasteiger partial charge < -0.3 is 11.1 Å². The minimum atomic E-state index is -0.782. The van der Waals surface area contributed by atoms with Gasteiger partial charge in [0.15, 0.2) is 0 Å². The first-order valence-electron chi connectivity index (χ1n) is 8.20.